The van der Waals surface area contributed by atoms with Crippen LogP contribution in [-0.4, -0.2) is 23.6 Å². The van der Waals surface area contributed by atoms with Gasteiger partial charge >= 0.3 is 73.9 Å². The minimum Gasteiger partial charge on any atom is -0.291 e. The van der Waals surface area contributed by atoms with E-state index in [1.165, 1.54) is 0 Å². The standard InChI is InChI=1S/C5H13N3.Ce.Zr/c1-3-8(4-2)5(6)7;;/h3-4H2,1-2H3,(H3,6,7);;/q;+3;+4/p+1. The number of hydrogen-bond acceptors (Lipinski definition) is 0. The van der Waals surface area contributed by atoms with Crippen molar-refractivity contribution in [3.05, 3.63) is 0 Å². The van der Waals surface area contributed by atoms with E-state index in [1.807, 2.05) is 18.4 Å². The summed E-state index contributed by atoms with van der Waals surface area (Å²) >= 11 is 0. The number of rotatable bonds is 2. The maximum atomic E-state index is 5.28. The molecule has 0 aromatic heterocycles. The first-order valence-electron chi connectivity index (χ1n) is 2.85. The summed E-state index contributed by atoms with van der Waals surface area (Å²) in [4.78, 5) is 0. The fraction of sp³-hybridized carbons (Fsp3) is 0.800. The van der Waals surface area contributed by atoms with Crippen molar-refractivity contribution in [1.82, 2.24) is 0 Å². The molecule has 0 aliphatic heterocycles. The Labute approximate surface area is 115 Å². The summed E-state index contributed by atoms with van der Waals surface area (Å²) in [5, 5.41) is 0. The predicted molar refractivity (Wildman–Crippen MR) is 34.7 cm³/mol. The molecule has 0 aromatic rings. The molecule has 0 spiro atoms. The molecule has 0 aliphatic carbocycles. The summed E-state index contributed by atoms with van der Waals surface area (Å²) in [6, 6.07) is 0. The average Bonchev–Trinajstić information content (AvgIpc) is 1.69. The summed E-state index contributed by atoms with van der Waals surface area (Å²) in [6.45, 7) is 5.81. The van der Waals surface area contributed by atoms with Crippen molar-refractivity contribution in [3.63, 3.8) is 0 Å². The number of nitrogens with zero attached hydrogens (tertiary/aromatic N) is 1. The van der Waals surface area contributed by atoms with Crippen LogP contribution in [0.25, 0.3) is 0 Å². The maximum Gasteiger partial charge on any atom is 4.00 e. The molecular formula is C5H14CeN3Zr+8. The van der Waals surface area contributed by atoms with Crippen LogP contribution in [0.5, 0.6) is 0 Å². The average molecular weight is 348 g/mol. The Balaban J connectivity index is -0.000000245. The fourth-order valence-corrected chi connectivity index (χ4v) is 0.589. The van der Waals surface area contributed by atoms with Gasteiger partial charge in [0.2, 0.25) is 0 Å². The van der Waals surface area contributed by atoms with Crippen LogP contribution < -0.4 is 11.5 Å². The van der Waals surface area contributed by atoms with Gasteiger partial charge in [-0.25, -0.2) is 0 Å². The molecule has 0 unspecified atom stereocenters. The first-order valence-corrected chi connectivity index (χ1v) is 2.85. The molecule has 0 aromatic carbocycles. The fourth-order valence-electron chi connectivity index (χ4n) is 0.589. The summed E-state index contributed by atoms with van der Waals surface area (Å²) in [6.07, 6.45) is 0. The Bertz CT molecular complexity index is 95.1. The van der Waals surface area contributed by atoms with Crippen LogP contribution in [0.15, 0.2) is 0 Å². The third-order valence-corrected chi connectivity index (χ3v) is 1.13. The third-order valence-electron chi connectivity index (χ3n) is 1.13. The zero-order chi connectivity index (χ0) is 6.57. The van der Waals surface area contributed by atoms with Gasteiger partial charge < -0.3 is 0 Å². The van der Waals surface area contributed by atoms with Crippen molar-refractivity contribution in [1.29, 1.82) is 0 Å². The van der Waals surface area contributed by atoms with Crippen molar-refractivity contribution in [2.24, 2.45) is 11.5 Å². The van der Waals surface area contributed by atoms with Gasteiger partial charge in [-0.15, -0.1) is 0 Å². The zero-order valence-corrected chi connectivity index (χ0v) is 12.1. The molecule has 5 heteroatoms. The third kappa shape index (κ3) is 7.63. The van der Waals surface area contributed by atoms with Gasteiger partial charge in [-0.3, -0.25) is 16.0 Å². The number of nitrogens with two attached hydrogens (primary N) is 2. The molecule has 3 nitrogen and oxygen atoms in total. The van der Waals surface area contributed by atoms with Crippen LogP contribution in [-0.2, 0) is 26.2 Å². The smallest absolute Gasteiger partial charge is 0.291 e. The van der Waals surface area contributed by atoms with Crippen LogP contribution in [0.4, 0.5) is 0 Å². The second kappa shape index (κ2) is 10.5. The molecule has 0 bridgehead atoms. The maximum absolute atomic E-state index is 5.28. The second-order valence-corrected chi connectivity index (χ2v) is 1.60. The van der Waals surface area contributed by atoms with E-state index in [4.69, 9.17) is 11.5 Å². The van der Waals surface area contributed by atoms with E-state index >= 15 is 0 Å². The summed E-state index contributed by atoms with van der Waals surface area (Å²) in [5.74, 6) is 0.412. The minimum absolute atomic E-state index is 0. The summed E-state index contributed by atoms with van der Waals surface area (Å²) < 4.78 is 1.89. The van der Waals surface area contributed by atoms with Gasteiger partial charge in [-0.2, -0.15) is 0 Å². The van der Waals surface area contributed by atoms with E-state index in [1.54, 1.807) is 0 Å². The van der Waals surface area contributed by atoms with Gasteiger partial charge in [0.1, 0.15) is 0 Å². The molecule has 1 radical (unpaired) electrons. The predicted octanol–water partition coefficient (Wildman–Crippen LogP) is -0.690. The van der Waals surface area contributed by atoms with Crippen molar-refractivity contribution in [3.8, 4) is 0 Å². The molecule has 0 fully saturated rings. The van der Waals surface area contributed by atoms with Crippen molar-refractivity contribution >= 4 is 5.96 Å². The Morgan fingerprint density at radius 1 is 1.20 bits per heavy atom. The van der Waals surface area contributed by atoms with Crippen LogP contribution in [0.3, 0.4) is 0 Å². The minimum atomic E-state index is 0. The van der Waals surface area contributed by atoms with Gasteiger partial charge in [0.05, 0.1) is 13.1 Å². The molecule has 0 rings (SSSR count). The van der Waals surface area contributed by atoms with Crippen LogP contribution in [0.1, 0.15) is 13.8 Å². The van der Waals surface area contributed by atoms with Gasteiger partial charge in [0, 0.05) is 0 Å². The molecule has 0 saturated carbocycles. The SMILES string of the molecule is CC[N+](CC)=C(N)N.[Ce+3].[Zr+4]. The van der Waals surface area contributed by atoms with Crippen LogP contribution in [0, 0.1) is 41.7 Å². The van der Waals surface area contributed by atoms with Crippen molar-refractivity contribution < 1.29 is 72.5 Å². The largest absolute Gasteiger partial charge is 4.00 e. The van der Waals surface area contributed by atoms with E-state index in [0.29, 0.717) is 5.96 Å². The van der Waals surface area contributed by atoms with E-state index < -0.39 is 0 Å². The van der Waals surface area contributed by atoms with Gasteiger partial charge in [0.15, 0.2) is 0 Å². The molecule has 0 amide bonds. The van der Waals surface area contributed by atoms with Crippen molar-refractivity contribution in [2.45, 2.75) is 13.8 Å². The second-order valence-electron chi connectivity index (χ2n) is 1.60. The van der Waals surface area contributed by atoms with Crippen molar-refractivity contribution in [2.75, 3.05) is 13.1 Å². The van der Waals surface area contributed by atoms with Gasteiger partial charge in [-0.05, 0) is 13.8 Å². The van der Waals surface area contributed by atoms with Gasteiger partial charge in [-0.1, -0.05) is 0 Å². The van der Waals surface area contributed by atoms with E-state index in [0.717, 1.165) is 13.1 Å². The monoisotopic (exact) mass is 346 g/mol. The van der Waals surface area contributed by atoms with Crippen LogP contribution >= 0.6 is 0 Å². The van der Waals surface area contributed by atoms with Gasteiger partial charge in [0.25, 0.3) is 0 Å². The molecular weight excluding hydrogens is 333 g/mol. The topological polar surface area (TPSA) is 55.0 Å². The first-order chi connectivity index (χ1) is 3.72. The molecule has 10 heavy (non-hydrogen) atoms. The molecule has 0 saturated heterocycles. The Kier molecular flexibility index (Phi) is 18.5. The van der Waals surface area contributed by atoms with Crippen LogP contribution in [0.2, 0.25) is 0 Å². The number of guanidine groups is 1. The quantitative estimate of drug-likeness (QED) is 0.395. The number of hydrogen-bond donors (Lipinski definition) is 2. The molecule has 49 valence electrons. The Morgan fingerprint density at radius 2 is 1.50 bits per heavy atom. The van der Waals surface area contributed by atoms with E-state index in [2.05, 4.69) is 0 Å². The summed E-state index contributed by atoms with van der Waals surface area (Å²) in [7, 11) is 0. The van der Waals surface area contributed by atoms with E-state index in [9.17, 15) is 0 Å². The van der Waals surface area contributed by atoms with E-state index in [-0.39, 0.29) is 68.0 Å². The Hall–Kier alpha value is 1.53. The molecule has 0 atom stereocenters. The molecule has 0 aliphatic rings. The normalized spacial score (nSPS) is 7.00. The Morgan fingerprint density at radius 3 is 1.50 bits per heavy atom. The summed E-state index contributed by atoms with van der Waals surface area (Å²) in [5.41, 5.74) is 10.6. The molecule has 4 N–H and O–H groups in total. The first kappa shape index (κ1) is 17.6. The zero-order valence-electron chi connectivity index (χ0n) is 6.52. The molecule has 0 heterocycles.